The maximum absolute atomic E-state index is 14.3. The largest absolute Gasteiger partial charge is 0.465 e. The molecule has 0 amide bonds. The number of rotatable bonds is 9. The number of benzene rings is 2. The summed E-state index contributed by atoms with van der Waals surface area (Å²) < 4.78 is 68.1. The summed E-state index contributed by atoms with van der Waals surface area (Å²) in [7, 11) is 0. The number of esters is 2. The number of hydrogen-bond donors (Lipinski definition) is 0. The zero-order valence-corrected chi connectivity index (χ0v) is 19.5. The SMILES string of the molecule is CCOC(=O)C(C)(Cc1cc(Oc2c(F)cc(C(F)(F)F)cc2Cl)ccc1[N+](=O)[O-])C(=O)OCC. The first-order valence-corrected chi connectivity index (χ1v) is 10.5. The van der Waals surface area contributed by atoms with Crippen molar-refractivity contribution >= 4 is 29.2 Å². The van der Waals surface area contributed by atoms with Crippen LogP contribution in [-0.2, 0) is 31.7 Å². The second kappa shape index (κ2) is 10.9. The molecule has 190 valence electrons. The number of nitro groups is 1. The van der Waals surface area contributed by atoms with Crippen LogP contribution in [0.3, 0.4) is 0 Å². The lowest BCUT2D eigenvalue weighted by Gasteiger charge is -2.25. The molecule has 8 nitrogen and oxygen atoms in total. The van der Waals surface area contributed by atoms with Crippen molar-refractivity contribution in [2.24, 2.45) is 5.41 Å². The van der Waals surface area contributed by atoms with Gasteiger partial charge in [0.2, 0.25) is 0 Å². The van der Waals surface area contributed by atoms with Gasteiger partial charge in [0.15, 0.2) is 17.0 Å². The Morgan fingerprint density at radius 1 is 1.06 bits per heavy atom. The summed E-state index contributed by atoms with van der Waals surface area (Å²) in [4.78, 5) is 35.9. The predicted molar refractivity (Wildman–Crippen MR) is 115 cm³/mol. The van der Waals surface area contributed by atoms with Crippen LogP contribution in [0.15, 0.2) is 30.3 Å². The maximum Gasteiger partial charge on any atom is 0.416 e. The van der Waals surface area contributed by atoms with Gasteiger partial charge in [0, 0.05) is 18.1 Å². The molecule has 0 atom stereocenters. The number of hydrogen-bond acceptors (Lipinski definition) is 7. The minimum absolute atomic E-state index is 0.0786. The molecule has 0 N–H and O–H groups in total. The van der Waals surface area contributed by atoms with Crippen molar-refractivity contribution in [3.63, 3.8) is 0 Å². The van der Waals surface area contributed by atoms with E-state index in [-0.39, 0.29) is 30.6 Å². The number of nitrogens with zero attached hydrogens (tertiary/aromatic N) is 1. The Morgan fingerprint density at radius 2 is 1.63 bits per heavy atom. The number of alkyl halides is 3. The van der Waals surface area contributed by atoms with Gasteiger partial charge < -0.3 is 14.2 Å². The fourth-order valence-corrected chi connectivity index (χ4v) is 3.32. The van der Waals surface area contributed by atoms with Crippen molar-refractivity contribution in [3.8, 4) is 11.5 Å². The average molecular weight is 522 g/mol. The standard InChI is InChI=1S/C22H20ClF4NO7/c1-4-33-19(29)21(3,20(30)34-5-2)11-12-8-14(6-7-17(12)28(31)32)35-18-15(23)9-13(10-16(18)24)22(25,26)27/h6-10H,4-5,11H2,1-3H3. The Morgan fingerprint density at radius 3 is 2.09 bits per heavy atom. The molecule has 2 aromatic rings. The highest BCUT2D eigenvalue weighted by Crippen LogP contribution is 2.40. The van der Waals surface area contributed by atoms with Crippen LogP contribution in [-0.4, -0.2) is 30.1 Å². The van der Waals surface area contributed by atoms with E-state index in [9.17, 15) is 37.3 Å². The second-order valence-corrected chi connectivity index (χ2v) is 7.77. The maximum atomic E-state index is 14.3. The molecule has 0 aliphatic carbocycles. The first kappa shape index (κ1) is 27.8. The highest BCUT2D eigenvalue weighted by Gasteiger charge is 2.45. The van der Waals surface area contributed by atoms with Crippen molar-refractivity contribution < 1.29 is 46.3 Å². The number of halogens is 5. The van der Waals surface area contributed by atoms with Crippen LogP contribution < -0.4 is 4.74 Å². The van der Waals surface area contributed by atoms with E-state index >= 15 is 0 Å². The average Bonchev–Trinajstić information content (AvgIpc) is 2.75. The molecule has 35 heavy (non-hydrogen) atoms. The van der Waals surface area contributed by atoms with Crippen LogP contribution in [0.25, 0.3) is 0 Å². The van der Waals surface area contributed by atoms with Crippen molar-refractivity contribution in [1.29, 1.82) is 0 Å². The van der Waals surface area contributed by atoms with Gasteiger partial charge in [-0.1, -0.05) is 11.6 Å². The summed E-state index contributed by atoms with van der Waals surface area (Å²) in [5.74, 6) is -4.40. The van der Waals surface area contributed by atoms with Gasteiger partial charge in [0.1, 0.15) is 5.75 Å². The van der Waals surface area contributed by atoms with E-state index in [4.69, 9.17) is 25.8 Å². The molecule has 2 rings (SSSR count). The molecule has 0 fully saturated rings. The topological polar surface area (TPSA) is 105 Å². The van der Waals surface area contributed by atoms with Gasteiger partial charge in [-0.3, -0.25) is 19.7 Å². The Kier molecular flexibility index (Phi) is 8.66. The molecule has 0 aliphatic rings. The predicted octanol–water partition coefficient (Wildman–Crippen LogP) is 5.87. The van der Waals surface area contributed by atoms with Crippen LogP contribution in [0.5, 0.6) is 11.5 Å². The lowest BCUT2D eigenvalue weighted by Crippen LogP contribution is -2.41. The molecule has 0 aromatic heterocycles. The van der Waals surface area contributed by atoms with Crippen molar-refractivity contribution in [2.45, 2.75) is 33.4 Å². The third-order valence-corrected chi connectivity index (χ3v) is 5.07. The van der Waals surface area contributed by atoms with E-state index in [0.717, 1.165) is 18.2 Å². The first-order valence-electron chi connectivity index (χ1n) is 10.1. The molecule has 0 radical (unpaired) electrons. The van der Waals surface area contributed by atoms with Gasteiger partial charge >= 0.3 is 18.1 Å². The quantitative estimate of drug-likeness (QED) is 0.133. The van der Waals surface area contributed by atoms with Crippen LogP contribution >= 0.6 is 11.6 Å². The third kappa shape index (κ3) is 6.38. The summed E-state index contributed by atoms with van der Waals surface area (Å²) >= 11 is 5.78. The van der Waals surface area contributed by atoms with Crippen LogP contribution in [0.1, 0.15) is 31.9 Å². The highest BCUT2D eigenvalue weighted by molar-refractivity contribution is 6.32. The van der Waals surface area contributed by atoms with E-state index < -0.39 is 62.7 Å². The van der Waals surface area contributed by atoms with E-state index in [1.165, 1.54) is 20.8 Å². The summed E-state index contributed by atoms with van der Waals surface area (Å²) in [6.07, 6.45) is -5.41. The van der Waals surface area contributed by atoms with Gasteiger partial charge in [-0.15, -0.1) is 0 Å². The minimum atomic E-state index is -4.85. The summed E-state index contributed by atoms with van der Waals surface area (Å²) in [6.45, 7) is 4.04. The summed E-state index contributed by atoms with van der Waals surface area (Å²) in [5, 5.41) is 10.9. The molecule has 2 aromatic carbocycles. The van der Waals surface area contributed by atoms with Crippen LogP contribution in [0.4, 0.5) is 23.2 Å². The zero-order chi connectivity index (χ0) is 26.6. The lowest BCUT2D eigenvalue weighted by molar-refractivity contribution is -0.385. The Labute approximate surface area is 201 Å². The summed E-state index contributed by atoms with van der Waals surface area (Å²) in [6, 6.07) is 3.72. The number of carbonyl (C=O) groups is 2. The van der Waals surface area contributed by atoms with Gasteiger partial charge in [-0.05, 0) is 45.0 Å². The fraction of sp³-hybridized carbons (Fsp3) is 0.364. The lowest BCUT2D eigenvalue weighted by atomic mass is 9.83. The van der Waals surface area contributed by atoms with Crippen molar-refractivity contribution in [3.05, 3.63) is 62.4 Å². The van der Waals surface area contributed by atoms with Gasteiger partial charge in [0.05, 0.1) is 28.7 Å². The summed E-state index contributed by atoms with van der Waals surface area (Å²) in [5.41, 5.74) is -4.00. The van der Waals surface area contributed by atoms with Crippen LogP contribution in [0, 0.1) is 21.3 Å². The molecule has 0 spiro atoms. The molecule has 0 heterocycles. The minimum Gasteiger partial charge on any atom is -0.465 e. The first-order chi connectivity index (χ1) is 16.2. The van der Waals surface area contributed by atoms with Gasteiger partial charge in [-0.2, -0.15) is 13.2 Å². The van der Waals surface area contributed by atoms with E-state index in [1.54, 1.807) is 0 Å². The molecule has 0 saturated heterocycles. The molecule has 13 heteroatoms. The van der Waals surface area contributed by atoms with E-state index in [1.807, 2.05) is 0 Å². The highest BCUT2D eigenvalue weighted by atomic mass is 35.5. The molecule has 0 unspecified atom stereocenters. The van der Waals surface area contributed by atoms with Gasteiger partial charge in [0.25, 0.3) is 5.69 Å². The Balaban J connectivity index is 2.53. The monoisotopic (exact) mass is 521 g/mol. The Bertz CT molecular complexity index is 1100. The molecule has 0 saturated carbocycles. The fourth-order valence-electron chi connectivity index (χ4n) is 3.07. The van der Waals surface area contributed by atoms with Crippen molar-refractivity contribution in [2.75, 3.05) is 13.2 Å². The molecular weight excluding hydrogens is 502 g/mol. The molecule has 0 bridgehead atoms. The third-order valence-electron chi connectivity index (χ3n) is 4.79. The van der Waals surface area contributed by atoms with E-state index in [0.29, 0.717) is 6.07 Å². The van der Waals surface area contributed by atoms with Crippen LogP contribution in [0.2, 0.25) is 5.02 Å². The Hall–Kier alpha value is -3.41. The second-order valence-electron chi connectivity index (χ2n) is 7.37. The normalized spacial score (nSPS) is 11.7. The smallest absolute Gasteiger partial charge is 0.416 e. The number of nitro benzene ring substituents is 1. The zero-order valence-electron chi connectivity index (χ0n) is 18.7. The number of ether oxygens (including phenoxy) is 3. The van der Waals surface area contributed by atoms with Crippen molar-refractivity contribution in [1.82, 2.24) is 0 Å². The molecule has 0 aliphatic heterocycles. The van der Waals surface area contributed by atoms with E-state index in [2.05, 4.69) is 0 Å². The number of carbonyl (C=O) groups excluding carboxylic acids is 2. The molecular formula is C22H20ClF4NO7. The van der Waals surface area contributed by atoms with Gasteiger partial charge in [-0.25, -0.2) is 4.39 Å².